The lowest BCUT2D eigenvalue weighted by Crippen LogP contribution is -2.01. The predicted octanol–water partition coefficient (Wildman–Crippen LogP) is 2.20. The second-order valence-corrected chi connectivity index (χ2v) is 4.66. The number of nitrogens with two attached hydrogens (primary N) is 1. The lowest BCUT2D eigenvalue weighted by atomic mass is 10.3. The fourth-order valence-electron chi connectivity index (χ4n) is 1.61. The molecule has 6 heteroatoms. The first-order valence-electron chi connectivity index (χ1n) is 5.75. The SMILES string of the molecule is COc1cccc(OC)c1OCc1csc(CN)n1. The molecule has 0 bridgehead atoms. The summed E-state index contributed by atoms with van der Waals surface area (Å²) in [6, 6.07) is 5.49. The van der Waals surface area contributed by atoms with E-state index in [4.69, 9.17) is 19.9 Å². The van der Waals surface area contributed by atoms with E-state index in [0.717, 1.165) is 10.7 Å². The monoisotopic (exact) mass is 280 g/mol. The van der Waals surface area contributed by atoms with Gasteiger partial charge in [-0.05, 0) is 12.1 Å². The normalized spacial score (nSPS) is 10.3. The zero-order valence-electron chi connectivity index (χ0n) is 10.9. The molecular formula is C13H16N2O3S. The van der Waals surface area contributed by atoms with E-state index < -0.39 is 0 Å². The molecule has 0 unspecified atom stereocenters. The van der Waals surface area contributed by atoms with Crippen molar-refractivity contribution in [2.24, 2.45) is 5.73 Å². The Morgan fingerprint density at radius 2 is 1.89 bits per heavy atom. The molecule has 2 N–H and O–H groups in total. The Morgan fingerprint density at radius 1 is 1.21 bits per heavy atom. The van der Waals surface area contributed by atoms with Crippen molar-refractivity contribution in [1.29, 1.82) is 0 Å². The smallest absolute Gasteiger partial charge is 0.203 e. The van der Waals surface area contributed by atoms with Gasteiger partial charge in [-0.1, -0.05) is 6.07 Å². The quantitative estimate of drug-likeness (QED) is 0.878. The van der Waals surface area contributed by atoms with Crippen molar-refractivity contribution in [1.82, 2.24) is 4.98 Å². The number of aromatic nitrogens is 1. The summed E-state index contributed by atoms with van der Waals surface area (Å²) in [7, 11) is 3.19. The summed E-state index contributed by atoms with van der Waals surface area (Å²) >= 11 is 1.53. The molecule has 1 aromatic heterocycles. The second-order valence-electron chi connectivity index (χ2n) is 3.72. The third-order valence-corrected chi connectivity index (χ3v) is 3.44. The van der Waals surface area contributed by atoms with Crippen LogP contribution in [0.5, 0.6) is 17.2 Å². The third-order valence-electron chi connectivity index (χ3n) is 2.52. The van der Waals surface area contributed by atoms with Gasteiger partial charge in [0.15, 0.2) is 11.5 Å². The molecule has 102 valence electrons. The minimum absolute atomic E-state index is 0.354. The van der Waals surface area contributed by atoms with Crippen molar-refractivity contribution in [3.63, 3.8) is 0 Å². The summed E-state index contributed by atoms with van der Waals surface area (Å²) in [4.78, 5) is 4.34. The van der Waals surface area contributed by atoms with Crippen LogP contribution in [0.15, 0.2) is 23.6 Å². The average molecular weight is 280 g/mol. The fourth-order valence-corrected chi connectivity index (χ4v) is 2.27. The number of benzene rings is 1. The molecule has 0 aliphatic rings. The first kappa shape index (κ1) is 13.6. The molecule has 0 aliphatic heterocycles. The van der Waals surface area contributed by atoms with Crippen molar-refractivity contribution in [3.05, 3.63) is 34.3 Å². The zero-order valence-corrected chi connectivity index (χ0v) is 11.7. The molecule has 0 radical (unpaired) electrons. The van der Waals surface area contributed by atoms with Crippen LogP contribution in [0.4, 0.5) is 0 Å². The highest BCUT2D eigenvalue weighted by Crippen LogP contribution is 2.37. The summed E-state index contributed by atoms with van der Waals surface area (Å²) < 4.78 is 16.3. The van der Waals surface area contributed by atoms with E-state index in [2.05, 4.69) is 4.98 Å². The summed E-state index contributed by atoms with van der Waals surface area (Å²) in [5, 5.41) is 2.83. The number of rotatable bonds is 6. The van der Waals surface area contributed by atoms with Gasteiger partial charge in [-0.15, -0.1) is 11.3 Å². The molecule has 1 heterocycles. The van der Waals surface area contributed by atoms with Crippen LogP contribution >= 0.6 is 11.3 Å². The standard InChI is InChI=1S/C13H16N2O3S/c1-16-10-4-3-5-11(17-2)13(10)18-7-9-8-19-12(6-14)15-9/h3-5,8H,6-7,14H2,1-2H3. The molecule has 0 spiro atoms. The fraction of sp³-hybridized carbons (Fsp3) is 0.308. The molecule has 0 atom stereocenters. The Bertz CT molecular complexity index is 520. The van der Waals surface area contributed by atoms with Crippen LogP contribution in [0.1, 0.15) is 10.7 Å². The second kappa shape index (κ2) is 6.40. The maximum absolute atomic E-state index is 5.75. The summed E-state index contributed by atoms with van der Waals surface area (Å²) in [5.74, 6) is 1.84. The molecule has 0 saturated carbocycles. The third kappa shape index (κ3) is 3.15. The van der Waals surface area contributed by atoms with Crippen molar-refractivity contribution in [2.45, 2.75) is 13.2 Å². The Labute approximate surface area is 115 Å². The average Bonchev–Trinajstić information content (AvgIpc) is 2.92. The van der Waals surface area contributed by atoms with Gasteiger partial charge in [0.25, 0.3) is 0 Å². The molecule has 0 amide bonds. The Balaban J connectivity index is 2.13. The Morgan fingerprint density at radius 3 is 2.42 bits per heavy atom. The van der Waals surface area contributed by atoms with Gasteiger partial charge in [0, 0.05) is 11.9 Å². The maximum atomic E-state index is 5.75. The van der Waals surface area contributed by atoms with Gasteiger partial charge in [0.05, 0.1) is 19.9 Å². The van der Waals surface area contributed by atoms with Gasteiger partial charge in [-0.25, -0.2) is 4.98 Å². The van der Waals surface area contributed by atoms with Crippen molar-refractivity contribution in [2.75, 3.05) is 14.2 Å². The number of ether oxygens (including phenoxy) is 3. The summed E-state index contributed by atoms with van der Waals surface area (Å²) in [6.07, 6.45) is 0. The van der Waals surface area contributed by atoms with Crippen LogP contribution in [-0.2, 0) is 13.2 Å². The highest BCUT2D eigenvalue weighted by atomic mass is 32.1. The number of thiazole rings is 1. The van der Waals surface area contributed by atoms with E-state index in [1.165, 1.54) is 11.3 Å². The van der Waals surface area contributed by atoms with Crippen LogP contribution in [0.3, 0.4) is 0 Å². The van der Waals surface area contributed by atoms with Crippen molar-refractivity contribution < 1.29 is 14.2 Å². The van der Waals surface area contributed by atoms with Crippen LogP contribution in [-0.4, -0.2) is 19.2 Å². The van der Waals surface area contributed by atoms with E-state index in [1.807, 2.05) is 23.6 Å². The van der Waals surface area contributed by atoms with Crippen LogP contribution in [0, 0.1) is 0 Å². The van der Waals surface area contributed by atoms with E-state index in [9.17, 15) is 0 Å². The molecule has 5 nitrogen and oxygen atoms in total. The van der Waals surface area contributed by atoms with Crippen LogP contribution < -0.4 is 19.9 Å². The van der Waals surface area contributed by atoms with Crippen molar-refractivity contribution >= 4 is 11.3 Å². The zero-order chi connectivity index (χ0) is 13.7. The minimum atomic E-state index is 0.354. The Hall–Kier alpha value is -1.79. The van der Waals surface area contributed by atoms with E-state index in [1.54, 1.807) is 14.2 Å². The van der Waals surface area contributed by atoms with E-state index in [0.29, 0.717) is 30.4 Å². The van der Waals surface area contributed by atoms with Gasteiger partial charge in [-0.3, -0.25) is 0 Å². The van der Waals surface area contributed by atoms with Crippen LogP contribution in [0.25, 0.3) is 0 Å². The predicted molar refractivity (Wildman–Crippen MR) is 73.9 cm³/mol. The minimum Gasteiger partial charge on any atom is -0.493 e. The van der Waals surface area contributed by atoms with Gasteiger partial charge in [0.2, 0.25) is 5.75 Å². The topological polar surface area (TPSA) is 66.6 Å². The van der Waals surface area contributed by atoms with Gasteiger partial charge < -0.3 is 19.9 Å². The first-order valence-corrected chi connectivity index (χ1v) is 6.63. The number of hydrogen-bond acceptors (Lipinski definition) is 6. The first-order chi connectivity index (χ1) is 9.28. The summed E-state index contributed by atoms with van der Waals surface area (Å²) in [5.41, 5.74) is 6.37. The number of hydrogen-bond donors (Lipinski definition) is 1. The van der Waals surface area contributed by atoms with Gasteiger partial charge in [-0.2, -0.15) is 0 Å². The molecule has 0 saturated heterocycles. The van der Waals surface area contributed by atoms with Crippen LogP contribution in [0.2, 0.25) is 0 Å². The molecule has 19 heavy (non-hydrogen) atoms. The maximum Gasteiger partial charge on any atom is 0.203 e. The molecule has 0 aliphatic carbocycles. The lowest BCUT2D eigenvalue weighted by molar-refractivity contribution is 0.263. The molecular weight excluding hydrogens is 264 g/mol. The van der Waals surface area contributed by atoms with Gasteiger partial charge in [0.1, 0.15) is 11.6 Å². The number of para-hydroxylation sites is 1. The number of nitrogens with zero attached hydrogens (tertiary/aromatic N) is 1. The summed E-state index contributed by atoms with van der Waals surface area (Å²) in [6.45, 7) is 0.801. The highest BCUT2D eigenvalue weighted by molar-refractivity contribution is 7.09. The Kier molecular flexibility index (Phi) is 4.59. The largest absolute Gasteiger partial charge is 0.493 e. The van der Waals surface area contributed by atoms with E-state index >= 15 is 0 Å². The number of methoxy groups -OCH3 is 2. The van der Waals surface area contributed by atoms with E-state index in [-0.39, 0.29) is 0 Å². The molecule has 2 aromatic rings. The lowest BCUT2D eigenvalue weighted by Gasteiger charge is -2.13. The van der Waals surface area contributed by atoms with Gasteiger partial charge >= 0.3 is 0 Å². The molecule has 2 rings (SSSR count). The molecule has 0 fully saturated rings. The highest BCUT2D eigenvalue weighted by Gasteiger charge is 2.12. The molecule has 1 aromatic carbocycles. The van der Waals surface area contributed by atoms with Crippen molar-refractivity contribution in [3.8, 4) is 17.2 Å².